The Labute approximate surface area is 348 Å². The van der Waals surface area contributed by atoms with Gasteiger partial charge in [0, 0.05) is 26.0 Å². The van der Waals surface area contributed by atoms with Crippen molar-refractivity contribution in [3.8, 4) is 42.4 Å². The monoisotopic (exact) mass is 779 g/mol. The molecule has 10 aromatic rings. The van der Waals surface area contributed by atoms with Crippen LogP contribution in [0.1, 0.15) is 20.3 Å². The van der Waals surface area contributed by atoms with E-state index in [4.69, 9.17) is 0 Å². The van der Waals surface area contributed by atoms with Crippen LogP contribution in [0.2, 0.25) is 0 Å². The van der Waals surface area contributed by atoms with Crippen LogP contribution >= 0.6 is 22.7 Å². The molecule has 0 saturated carbocycles. The number of benzene rings is 8. The zero-order valence-electron chi connectivity index (χ0n) is 32.5. The number of anilines is 2. The first-order chi connectivity index (χ1) is 28.6. The first-order valence-electron chi connectivity index (χ1n) is 20.0. The average molecular weight is 780 g/mol. The largest absolute Gasteiger partial charge is 0.306 e. The Morgan fingerprint density at radius 2 is 1.00 bits per heavy atom. The maximum absolute atomic E-state index is 2.45. The minimum Gasteiger partial charge on any atom is -0.306 e. The van der Waals surface area contributed by atoms with E-state index in [0.29, 0.717) is 0 Å². The standard InChI is InChI=1S/C55H41NS2/c1-3-4-6-15-37(2)56(45-20-7-5-8-21-45)53-33-32-52(58-53)51-31-30-50(57-51)42-28-29-48-49(36-42)55(44-27-25-39-17-10-12-19-41(39)35-44)47-23-14-13-22-46(47)54(48)43-26-24-38-16-9-11-18-40(38)34-43/h4-36H,3H2,1-2H3/b6-4-,37-15+. The van der Waals surface area contributed by atoms with Gasteiger partial charge in [-0.1, -0.05) is 146 Å². The first kappa shape index (κ1) is 35.9. The highest BCUT2D eigenvalue weighted by atomic mass is 32.1. The molecule has 2 heterocycles. The Morgan fingerprint density at radius 3 is 1.67 bits per heavy atom. The molecule has 278 valence electrons. The summed E-state index contributed by atoms with van der Waals surface area (Å²) in [6.45, 7) is 4.36. The van der Waals surface area contributed by atoms with Crippen LogP contribution in [0, 0.1) is 0 Å². The summed E-state index contributed by atoms with van der Waals surface area (Å²) in [5.74, 6) is 0. The second-order valence-corrected chi connectivity index (χ2v) is 16.9. The lowest BCUT2D eigenvalue weighted by atomic mass is 9.84. The molecule has 0 amide bonds. The van der Waals surface area contributed by atoms with Gasteiger partial charge in [0.2, 0.25) is 0 Å². The van der Waals surface area contributed by atoms with E-state index in [1.165, 1.54) is 96.2 Å². The molecule has 0 unspecified atom stereocenters. The molecule has 0 aliphatic carbocycles. The lowest BCUT2D eigenvalue weighted by molar-refractivity contribution is 1.17. The van der Waals surface area contributed by atoms with E-state index in [0.717, 1.165) is 12.1 Å². The molecule has 0 aliphatic rings. The second kappa shape index (κ2) is 15.4. The highest BCUT2D eigenvalue weighted by Crippen LogP contribution is 2.47. The van der Waals surface area contributed by atoms with Crippen LogP contribution in [-0.2, 0) is 0 Å². The van der Waals surface area contributed by atoms with Crippen molar-refractivity contribution in [3.63, 3.8) is 0 Å². The van der Waals surface area contributed by atoms with Crippen molar-refractivity contribution in [2.45, 2.75) is 20.3 Å². The van der Waals surface area contributed by atoms with E-state index in [1.54, 1.807) is 0 Å². The van der Waals surface area contributed by atoms with Crippen LogP contribution in [-0.4, -0.2) is 0 Å². The molecule has 0 fully saturated rings. The molecule has 1 nitrogen and oxygen atoms in total. The fourth-order valence-corrected chi connectivity index (χ4v) is 10.5. The number of fused-ring (bicyclic) bond motifs is 4. The number of para-hydroxylation sites is 1. The van der Waals surface area contributed by atoms with Crippen molar-refractivity contribution >= 4 is 76.5 Å². The van der Waals surface area contributed by atoms with Gasteiger partial charge < -0.3 is 4.90 Å². The van der Waals surface area contributed by atoms with E-state index >= 15 is 0 Å². The van der Waals surface area contributed by atoms with Gasteiger partial charge in [0.1, 0.15) is 5.00 Å². The molecule has 8 aromatic carbocycles. The number of hydrogen-bond acceptors (Lipinski definition) is 3. The van der Waals surface area contributed by atoms with Crippen LogP contribution < -0.4 is 4.90 Å². The maximum atomic E-state index is 2.45. The normalized spacial score (nSPS) is 12.1. The Bertz CT molecular complexity index is 3180. The highest BCUT2D eigenvalue weighted by molar-refractivity contribution is 7.25. The molecular weight excluding hydrogens is 739 g/mol. The summed E-state index contributed by atoms with van der Waals surface area (Å²) in [5.41, 5.74) is 8.61. The van der Waals surface area contributed by atoms with E-state index in [-0.39, 0.29) is 0 Å². The van der Waals surface area contributed by atoms with Crippen LogP contribution in [0.15, 0.2) is 206 Å². The quantitative estimate of drug-likeness (QED) is 0.104. The van der Waals surface area contributed by atoms with Crippen molar-refractivity contribution in [1.29, 1.82) is 0 Å². The van der Waals surface area contributed by atoms with Gasteiger partial charge in [-0.2, -0.15) is 0 Å². The van der Waals surface area contributed by atoms with E-state index in [9.17, 15) is 0 Å². The third-order valence-corrected chi connectivity index (χ3v) is 13.5. The van der Waals surface area contributed by atoms with Gasteiger partial charge in [-0.3, -0.25) is 0 Å². The number of allylic oxidation sites excluding steroid dienone is 4. The Morgan fingerprint density at radius 1 is 0.466 bits per heavy atom. The van der Waals surface area contributed by atoms with Gasteiger partial charge in [-0.15, -0.1) is 22.7 Å². The zero-order chi connectivity index (χ0) is 39.0. The number of hydrogen-bond donors (Lipinski definition) is 0. The smallest absolute Gasteiger partial charge is 0.100 e. The molecule has 0 spiro atoms. The third kappa shape index (κ3) is 6.63. The van der Waals surface area contributed by atoms with E-state index < -0.39 is 0 Å². The fraction of sp³-hybridized carbons (Fsp3) is 0.0545. The lowest BCUT2D eigenvalue weighted by Crippen LogP contribution is -2.12. The lowest BCUT2D eigenvalue weighted by Gasteiger charge is -2.23. The van der Waals surface area contributed by atoms with Crippen molar-refractivity contribution in [2.24, 2.45) is 0 Å². The molecule has 0 radical (unpaired) electrons. The van der Waals surface area contributed by atoms with Gasteiger partial charge in [0.25, 0.3) is 0 Å². The van der Waals surface area contributed by atoms with E-state index in [1.807, 2.05) is 22.7 Å². The summed E-state index contributed by atoms with van der Waals surface area (Å²) in [7, 11) is 0. The SMILES string of the molecule is CC/C=C\C=C(/C)N(c1ccccc1)c1ccc(-c2ccc(-c3ccc4c(-c5ccc6ccccc6c5)c5ccccc5c(-c5ccc6ccccc6c5)c4c3)s2)s1. The molecule has 2 aromatic heterocycles. The summed E-state index contributed by atoms with van der Waals surface area (Å²) in [5, 5.41) is 11.3. The second-order valence-electron chi connectivity index (χ2n) is 14.8. The van der Waals surface area contributed by atoms with Gasteiger partial charge in [0.05, 0.1) is 0 Å². The van der Waals surface area contributed by atoms with Gasteiger partial charge >= 0.3 is 0 Å². The zero-order valence-corrected chi connectivity index (χ0v) is 34.2. The molecule has 0 aliphatic heterocycles. The molecular formula is C55H41NS2. The minimum atomic E-state index is 1.02. The number of rotatable bonds is 9. The molecule has 0 bridgehead atoms. The number of thiophene rings is 2. The molecule has 10 rings (SSSR count). The van der Waals surface area contributed by atoms with Crippen molar-refractivity contribution in [1.82, 2.24) is 0 Å². The van der Waals surface area contributed by atoms with Gasteiger partial charge in [-0.25, -0.2) is 0 Å². The predicted octanol–water partition coefficient (Wildman–Crippen LogP) is 17.1. The molecule has 0 atom stereocenters. The van der Waals surface area contributed by atoms with Crippen LogP contribution in [0.3, 0.4) is 0 Å². The maximum Gasteiger partial charge on any atom is 0.100 e. The van der Waals surface area contributed by atoms with E-state index in [2.05, 4.69) is 219 Å². The first-order valence-corrected chi connectivity index (χ1v) is 21.6. The van der Waals surface area contributed by atoms with Crippen LogP contribution in [0.5, 0.6) is 0 Å². The Balaban J connectivity index is 1.12. The summed E-state index contributed by atoms with van der Waals surface area (Å²) in [4.78, 5) is 6.17. The van der Waals surface area contributed by atoms with Crippen LogP contribution in [0.25, 0.3) is 85.5 Å². The van der Waals surface area contributed by atoms with Crippen LogP contribution in [0.4, 0.5) is 10.7 Å². The summed E-state index contributed by atoms with van der Waals surface area (Å²) in [6.07, 6.45) is 7.58. The molecule has 0 N–H and O–H groups in total. The molecule has 0 saturated heterocycles. The topological polar surface area (TPSA) is 3.24 Å². The Hall–Kier alpha value is -6.52. The predicted molar refractivity (Wildman–Crippen MR) is 256 cm³/mol. The fourth-order valence-electron chi connectivity index (χ4n) is 8.35. The highest BCUT2D eigenvalue weighted by Gasteiger charge is 2.20. The Kier molecular flexibility index (Phi) is 9.54. The van der Waals surface area contributed by atoms with Crippen molar-refractivity contribution < 1.29 is 0 Å². The van der Waals surface area contributed by atoms with Gasteiger partial charge in [-0.05, 0) is 145 Å². The summed E-state index contributed by atoms with van der Waals surface area (Å²) < 4.78 is 0. The average Bonchev–Trinajstić information content (AvgIpc) is 3.97. The molecule has 3 heteroatoms. The summed E-state index contributed by atoms with van der Waals surface area (Å²) >= 11 is 3.71. The number of nitrogens with zero attached hydrogens (tertiary/aromatic N) is 1. The third-order valence-electron chi connectivity index (χ3n) is 11.1. The minimum absolute atomic E-state index is 1.02. The van der Waals surface area contributed by atoms with Crippen molar-refractivity contribution in [2.75, 3.05) is 4.90 Å². The summed E-state index contributed by atoms with van der Waals surface area (Å²) in [6, 6.07) is 67.1. The van der Waals surface area contributed by atoms with Crippen molar-refractivity contribution in [3.05, 3.63) is 206 Å². The van der Waals surface area contributed by atoms with Gasteiger partial charge in [0.15, 0.2) is 0 Å². The molecule has 58 heavy (non-hydrogen) atoms.